The van der Waals surface area contributed by atoms with Gasteiger partial charge in [0.25, 0.3) is 0 Å². The zero-order valence-electron chi connectivity index (χ0n) is 7.75. The van der Waals surface area contributed by atoms with E-state index in [0.717, 1.165) is 21.5 Å². The van der Waals surface area contributed by atoms with Gasteiger partial charge in [-0.15, -0.1) is 0 Å². The number of imidazole rings is 1. The van der Waals surface area contributed by atoms with Crippen LogP contribution in [-0.2, 0) is 11.3 Å². The Morgan fingerprint density at radius 1 is 1.57 bits per heavy atom. The van der Waals surface area contributed by atoms with Gasteiger partial charge in [-0.3, -0.25) is 0 Å². The molecule has 0 aliphatic carbocycles. The molecule has 2 aromatic heterocycles. The first-order chi connectivity index (χ1) is 6.79. The maximum absolute atomic E-state index is 5.25. The van der Waals surface area contributed by atoms with Gasteiger partial charge in [0.2, 0.25) is 0 Å². The summed E-state index contributed by atoms with van der Waals surface area (Å²) in [6, 6.07) is 1.95. The molecule has 0 aliphatic rings. The SMILES string of the molecule is CCOCc1nc2ncc(Br)cc2[nH]1. The predicted molar refractivity (Wildman–Crippen MR) is 56.9 cm³/mol. The second-order valence-corrected chi connectivity index (χ2v) is 3.76. The van der Waals surface area contributed by atoms with E-state index >= 15 is 0 Å². The summed E-state index contributed by atoms with van der Waals surface area (Å²) in [7, 11) is 0. The van der Waals surface area contributed by atoms with E-state index in [1.807, 2.05) is 13.0 Å². The van der Waals surface area contributed by atoms with Crippen LogP contribution in [0.1, 0.15) is 12.7 Å². The van der Waals surface area contributed by atoms with Gasteiger partial charge in [-0.2, -0.15) is 0 Å². The monoisotopic (exact) mass is 255 g/mol. The Hall–Kier alpha value is -0.940. The highest BCUT2D eigenvalue weighted by molar-refractivity contribution is 9.10. The van der Waals surface area contributed by atoms with Gasteiger partial charge in [0, 0.05) is 17.3 Å². The number of halogens is 1. The Morgan fingerprint density at radius 2 is 2.43 bits per heavy atom. The quantitative estimate of drug-likeness (QED) is 0.916. The molecule has 2 heterocycles. The van der Waals surface area contributed by atoms with E-state index < -0.39 is 0 Å². The first kappa shape index (κ1) is 9.61. The third-order valence-corrected chi connectivity index (χ3v) is 2.23. The van der Waals surface area contributed by atoms with Crippen molar-refractivity contribution in [2.75, 3.05) is 6.61 Å². The molecule has 0 bridgehead atoms. The zero-order valence-corrected chi connectivity index (χ0v) is 9.34. The highest BCUT2D eigenvalue weighted by Gasteiger charge is 2.03. The van der Waals surface area contributed by atoms with Crippen molar-refractivity contribution in [2.24, 2.45) is 0 Å². The number of fused-ring (bicyclic) bond motifs is 1. The third-order valence-electron chi connectivity index (χ3n) is 1.80. The summed E-state index contributed by atoms with van der Waals surface area (Å²) in [4.78, 5) is 11.6. The van der Waals surface area contributed by atoms with Crippen LogP contribution in [0.4, 0.5) is 0 Å². The molecule has 14 heavy (non-hydrogen) atoms. The molecule has 0 amide bonds. The smallest absolute Gasteiger partial charge is 0.177 e. The first-order valence-electron chi connectivity index (χ1n) is 4.37. The number of nitrogens with zero attached hydrogens (tertiary/aromatic N) is 2. The van der Waals surface area contributed by atoms with Crippen LogP contribution in [-0.4, -0.2) is 21.6 Å². The predicted octanol–water partition coefficient (Wildman–Crippen LogP) is 2.26. The van der Waals surface area contributed by atoms with E-state index in [2.05, 4.69) is 30.9 Å². The fourth-order valence-electron chi connectivity index (χ4n) is 1.19. The molecule has 0 saturated heterocycles. The van der Waals surface area contributed by atoms with Crippen molar-refractivity contribution < 1.29 is 4.74 Å². The first-order valence-corrected chi connectivity index (χ1v) is 5.17. The molecule has 0 aromatic carbocycles. The minimum Gasteiger partial charge on any atom is -0.374 e. The summed E-state index contributed by atoms with van der Waals surface area (Å²) in [5.41, 5.74) is 1.65. The van der Waals surface area contributed by atoms with E-state index in [4.69, 9.17) is 4.74 Å². The molecular weight excluding hydrogens is 246 g/mol. The van der Waals surface area contributed by atoms with E-state index in [0.29, 0.717) is 13.2 Å². The number of pyridine rings is 1. The van der Waals surface area contributed by atoms with Gasteiger partial charge in [0.05, 0.1) is 5.52 Å². The number of aromatic amines is 1. The molecule has 0 spiro atoms. The van der Waals surface area contributed by atoms with E-state index in [1.165, 1.54) is 0 Å². The van der Waals surface area contributed by atoms with Crippen LogP contribution >= 0.6 is 15.9 Å². The Bertz CT molecular complexity index is 441. The van der Waals surface area contributed by atoms with Crippen molar-refractivity contribution in [2.45, 2.75) is 13.5 Å². The van der Waals surface area contributed by atoms with Gasteiger partial charge >= 0.3 is 0 Å². The fourth-order valence-corrected chi connectivity index (χ4v) is 1.52. The molecule has 0 unspecified atom stereocenters. The lowest BCUT2D eigenvalue weighted by atomic mass is 10.4. The number of hydrogen-bond donors (Lipinski definition) is 1. The Balaban J connectivity index is 2.32. The number of aromatic nitrogens is 3. The number of nitrogens with one attached hydrogen (secondary N) is 1. The summed E-state index contributed by atoms with van der Waals surface area (Å²) >= 11 is 3.35. The summed E-state index contributed by atoms with van der Waals surface area (Å²) in [5.74, 6) is 0.812. The number of H-pyrrole nitrogens is 1. The normalized spacial score (nSPS) is 11.0. The van der Waals surface area contributed by atoms with Crippen molar-refractivity contribution in [3.8, 4) is 0 Å². The molecule has 74 valence electrons. The second kappa shape index (κ2) is 4.06. The average Bonchev–Trinajstić information content (AvgIpc) is 2.56. The molecule has 2 aromatic rings. The minimum absolute atomic E-state index is 0.504. The number of rotatable bonds is 3. The summed E-state index contributed by atoms with van der Waals surface area (Å²) in [6.07, 6.45) is 1.73. The van der Waals surface area contributed by atoms with E-state index in [9.17, 15) is 0 Å². The fraction of sp³-hybridized carbons (Fsp3) is 0.333. The molecular formula is C9H10BrN3O. The molecule has 0 fully saturated rings. The van der Waals surface area contributed by atoms with Crippen LogP contribution < -0.4 is 0 Å². The van der Waals surface area contributed by atoms with Gasteiger partial charge in [0.15, 0.2) is 5.65 Å². The minimum atomic E-state index is 0.504. The lowest BCUT2D eigenvalue weighted by Crippen LogP contribution is -1.93. The van der Waals surface area contributed by atoms with Crippen molar-refractivity contribution in [1.82, 2.24) is 15.0 Å². The molecule has 5 heteroatoms. The van der Waals surface area contributed by atoms with Crippen molar-refractivity contribution in [3.05, 3.63) is 22.6 Å². The molecule has 4 nitrogen and oxygen atoms in total. The Kier molecular flexibility index (Phi) is 2.79. The average molecular weight is 256 g/mol. The Labute approximate surface area is 89.8 Å². The lowest BCUT2D eigenvalue weighted by Gasteiger charge is -1.94. The van der Waals surface area contributed by atoms with Gasteiger partial charge in [0.1, 0.15) is 12.4 Å². The highest BCUT2D eigenvalue weighted by atomic mass is 79.9. The van der Waals surface area contributed by atoms with Gasteiger partial charge in [-0.05, 0) is 28.9 Å². The van der Waals surface area contributed by atoms with Crippen LogP contribution in [0.3, 0.4) is 0 Å². The molecule has 2 rings (SSSR count). The van der Waals surface area contributed by atoms with Gasteiger partial charge in [-0.25, -0.2) is 9.97 Å². The third kappa shape index (κ3) is 1.93. The van der Waals surface area contributed by atoms with Crippen molar-refractivity contribution in [1.29, 1.82) is 0 Å². The summed E-state index contributed by atoms with van der Waals surface area (Å²) < 4.78 is 6.19. The Morgan fingerprint density at radius 3 is 3.21 bits per heavy atom. The number of ether oxygens (including phenoxy) is 1. The summed E-state index contributed by atoms with van der Waals surface area (Å²) in [6.45, 7) is 3.15. The van der Waals surface area contributed by atoms with Crippen LogP contribution in [0, 0.1) is 0 Å². The van der Waals surface area contributed by atoms with Gasteiger partial charge < -0.3 is 9.72 Å². The largest absolute Gasteiger partial charge is 0.374 e. The standard InChI is InChI=1S/C9H10BrN3O/c1-2-14-5-8-12-7-3-6(10)4-11-9(7)13-8/h3-4H,2,5H2,1H3,(H,11,12,13). The molecule has 0 saturated carbocycles. The van der Waals surface area contributed by atoms with Crippen molar-refractivity contribution >= 4 is 27.1 Å². The van der Waals surface area contributed by atoms with Gasteiger partial charge in [-0.1, -0.05) is 0 Å². The van der Waals surface area contributed by atoms with Crippen LogP contribution in [0.15, 0.2) is 16.7 Å². The number of hydrogen-bond acceptors (Lipinski definition) is 3. The van der Waals surface area contributed by atoms with Crippen molar-refractivity contribution in [3.63, 3.8) is 0 Å². The zero-order chi connectivity index (χ0) is 9.97. The molecule has 1 N–H and O–H groups in total. The van der Waals surface area contributed by atoms with E-state index in [1.54, 1.807) is 6.20 Å². The second-order valence-electron chi connectivity index (χ2n) is 2.85. The molecule has 0 aliphatic heterocycles. The topological polar surface area (TPSA) is 50.8 Å². The maximum atomic E-state index is 5.25. The molecule has 0 atom stereocenters. The lowest BCUT2D eigenvalue weighted by molar-refractivity contribution is 0.129. The van der Waals surface area contributed by atoms with Crippen LogP contribution in [0.2, 0.25) is 0 Å². The maximum Gasteiger partial charge on any atom is 0.177 e. The van der Waals surface area contributed by atoms with Crippen LogP contribution in [0.5, 0.6) is 0 Å². The van der Waals surface area contributed by atoms with Crippen LogP contribution in [0.25, 0.3) is 11.2 Å². The highest BCUT2D eigenvalue weighted by Crippen LogP contribution is 2.15. The van der Waals surface area contributed by atoms with E-state index in [-0.39, 0.29) is 0 Å². The molecule has 0 radical (unpaired) electrons. The summed E-state index contributed by atoms with van der Waals surface area (Å²) in [5, 5.41) is 0.